The van der Waals surface area contributed by atoms with Crippen LogP contribution in [0.3, 0.4) is 0 Å². The van der Waals surface area contributed by atoms with Crippen molar-refractivity contribution in [3.05, 3.63) is 46.2 Å². The van der Waals surface area contributed by atoms with E-state index in [1.807, 2.05) is 21.9 Å². The van der Waals surface area contributed by atoms with Gasteiger partial charge < -0.3 is 14.5 Å². The molecule has 0 aromatic carbocycles. The van der Waals surface area contributed by atoms with Crippen LogP contribution >= 0.6 is 0 Å². The van der Waals surface area contributed by atoms with Crippen LogP contribution in [0.2, 0.25) is 0 Å². The summed E-state index contributed by atoms with van der Waals surface area (Å²) in [6, 6.07) is 3.95. The highest BCUT2D eigenvalue weighted by atomic mass is 16.6. The molecule has 1 aromatic heterocycles. The standard InChI is InChI=1S/C14H16N4O3/c1-9-8-16-12-5-4-11(21-12)13(18(19)20)14(16)17(9)10-3-2-6-15-7-10/h2-3,6-7,9,11-12H,4-5,8H2,1H3. The van der Waals surface area contributed by atoms with Crippen LogP contribution in [0.1, 0.15) is 19.8 Å². The molecule has 3 unspecified atom stereocenters. The molecular weight excluding hydrogens is 272 g/mol. The summed E-state index contributed by atoms with van der Waals surface area (Å²) in [7, 11) is 0. The topological polar surface area (TPSA) is 71.7 Å². The molecule has 3 aliphatic rings. The van der Waals surface area contributed by atoms with Crippen LogP contribution in [0.25, 0.3) is 0 Å². The fraction of sp³-hybridized carbons (Fsp3) is 0.500. The van der Waals surface area contributed by atoms with Gasteiger partial charge in [-0.1, -0.05) is 0 Å². The van der Waals surface area contributed by atoms with Gasteiger partial charge in [0.2, 0.25) is 0 Å². The molecule has 4 rings (SSSR count). The van der Waals surface area contributed by atoms with Crippen molar-refractivity contribution in [1.82, 2.24) is 9.88 Å². The molecule has 0 spiro atoms. The molecule has 7 nitrogen and oxygen atoms in total. The lowest BCUT2D eigenvalue weighted by molar-refractivity contribution is -0.442. The maximum Gasteiger partial charge on any atom is 0.315 e. The quantitative estimate of drug-likeness (QED) is 0.607. The molecule has 3 aliphatic heterocycles. The predicted octanol–water partition coefficient (Wildman–Crippen LogP) is 1.56. The Hall–Kier alpha value is -2.15. The van der Waals surface area contributed by atoms with E-state index < -0.39 is 0 Å². The average Bonchev–Trinajstić information content (AvgIpc) is 3.03. The zero-order chi connectivity index (χ0) is 14.6. The zero-order valence-electron chi connectivity index (χ0n) is 11.7. The Morgan fingerprint density at radius 2 is 2.33 bits per heavy atom. The Morgan fingerprint density at radius 1 is 1.48 bits per heavy atom. The first-order valence-corrected chi connectivity index (χ1v) is 7.16. The Balaban J connectivity index is 1.88. The second-order valence-corrected chi connectivity index (χ2v) is 5.71. The smallest absolute Gasteiger partial charge is 0.315 e. The van der Waals surface area contributed by atoms with Crippen molar-refractivity contribution in [2.45, 2.75) is 38.1 Å². The number of anilines is 1. The highest BCUT2D eigenvalue weighted by Crippen LogP contribution is 2.43. The van der Waals surface area contributed by atoms with E-state index in [0.717, 1.165) is 25.1 Å². The van der Waals surface area contributed by atoms with E-state index in [9.17, 15) is 10.1 Å². The van der Waals surface area contributed by atoms with Gasteiger partial charge in [0, 0.05) is 12.7 Å². The minimum absolute atomic E-state index is 0.0298. The minimum atomic E-state index is -0.388. The molecule has 1 aromatic rings. The maximum atomic E-state index is 11.6. The number of nitro groups is 1. The van der Waals surface area contributed by atoms with Crippen LogP contribution in [0.4, 0.5) is 5.69 Å². The van der Waals surface area contributed by atoms with Gasteiger partial charge in [0.05, 0.1) is 22.8 Å². The number of hydrogen-bond donors (Lipinski definition) is 0. The molecule has 0 aliphatic carbocycles. The van der Waals surface area contributed by atoms with Crippen LogP contribution in [0.5, 0.6) is 0 Å². The van der Waals surface area contributed by atoms with Crippen molar-refractivity contribution in [2.24, 2.45) is 0 Å². The number of nitrogens with zero attached hydrogens (tertiary/aromatic N) is 4. The molecule has 0 radical (unpaired) electrons. The second-order valence-electron chi connectivity index (χ2n) is 5.71. The molecule has 2 saturated heterocycles. The Bertz CT molecular complexity index is 618. The van der Waals surface area contributed by atoms with E-state index in [-0.39, 0.29) is 29.0 Å². The number of ether oxygens (including phenoxy) is 1. The Kier molecular flexibility index (Phi) is 2.65. The number of aromatic nitrogens is 1. The third-order valence-corrected chi connectivity index (χ3v) is 4.40. The van der Waals surface area contributed by atoms with Gasteiger partial charge in [-0.15, -0.1) is 0 Å². The van der Waals surface area contributed by atoms with Crippen molar-refractivity contribution in [2.75, 3.05) is 11.4 Å². The van der Waals surface area contributed by atoms with Gasteiger partial charge >= 0.3 is 5.70 Å². The van der Waals surface area contributed by atoms with Gasteiger partial charge in [-0.3, -0.25) is 15.1 Å². The van der Waals surface area contributed by atoms with Crippen LogP contribution < -0.4 is 4.90 Å². The van der Waals surface area contributed by atoms with E-state index in [1.165, 1.54) is 0 Å². The van der Waals surface area contributed by atoms with Gasteiger partial charge in [-0.05, 0) is 31.9 Å². The summed E-state index contributed by atoms with van der Waals surface area (Å²) in [6.45, 7) is 2.81. The van der Waals surface area contributed by atoms with E-state index >= 15 is 0 Å². The minimum Gasteiger partial charge on any atom is -0.344 e. The largest absolute Gasteiger partial charge is 0.344 e. The summed E-state index contributed by atoms with van der Waals surface area (Å²) in [5, 5.41) is 11.6. The predicted molar refractivity (Wildman–Crippen MR) is 74.8 cm³/mol. The molecule has 4 heterocycles. The number of hydrogen-bond acceptors (Lipinski definition) is 6. The molecule has 21 heavy (non-hydrogen) atoms. The fourth-order valence-electron chi connectivity index (χ4n) is 3.59. The van der Waals surface area contributed by atoms with E-state index in [2.05, 4.69) is 11.9 Å². The first-order chi connectivity index (χ1) is 10.2. The third kappa shape index (κ3) is 1.73. The van der Waals surface area contributed by atoms with Crippen LogP contribution in [-0.4, -0.2) is 39.7 Å². The van der Waals surface area contributed by atoms with Crippen molar-refractivity contribution in [1.29, 1.82) is 0 Å². The molecule has 2 bridgehead atoms. The molecule has 110 valence electrons. The van der Waals surface area contributed by atoms with Gasteiger partial charge in [0.15, 0.2) is 11.9 Å². The van der Waals surface area contributed by atoms with E-state index in [4.69, 9.17) is 4.74 Å². The van der Waals surface area contributed by atoms with Gasteiger partial charge in [0.1, 0.15) is 6.23 Å². The Morgan fingerprint density at radius 3 is 3.05 bits per heavy atom. The monoisotopic (exact) mass is 288 g/mol. The normalized spacial score (nSPS) is 30.8. The first-order valence-electron chi connectivity index (χ1n) is 7.16. The van der Waals surface area contributed by atoms with Crippen LogP contribution in [0, 0.1) is 10.1 Å². The average molecular weight is 288 g/mol. The van der Waals surface area contributed by atoms with Crippen molar-refractivity contribution in [3.8, 4) is 0 Å². The summed E-state index contributed by atoms with van der Waals surface area (Å²) < 4.78 is 5.80. The van der Waals surface area contributed by atoms with Crippen LogP contribution in [-0.2, 0) is 4.74 Å². The lowest BCUT2D eigenvalue weighted by atomic mass is 10.2. The molecule has 0 saturated carbocycles. The van der Waals surface area contributed by atoms with E-state index in [1.54, 1.807) is 12.4 Å². The number of rotatable bonds is 2. The lowest BCUT2D eigenvalue weighted by Gasteiger charge is -2.32. The van der Waals surface area contributed by atoms with Gasteiger partial charge in [0.25, 0.3) is 0 Å². The summed E-state index contributed by atoms with van der Waals surface area (Å²) in [6.07, 6.45) is 4.61. The zero-order valence-corrected chi connectivity index (χ0v) is 11.7. The van der Waals surface area contributed by atoms with Crippen LogP contribution in [0.15, 0.2) is 36.0 Å². The summed E-state index contributed by atoms with van der Waals surface area (Å²) in [5.41, 5.74) is 1.08. The van der Waals surface area contributed by atoms with Gasteiger partial charge in [-0.2, -0.15) is 0 Å². The summed E-state index contributed by atoms with van der Waals surface area (Å²) in [5.74, 6) is 0.694. The van der Waals surface area contributed by atoms with Crippen molar-refractivity contribution in [3.63, 3.8) is 0 Å². The molecule has 3 atom stereocenters. The van der Waals surface area contributed by atoms with Crippen molar-refractivity contribution >= 4 is 5.69 Å². The first kappa shape index (κ1) is 12.6. The highest BCUT2D eigenvalue weighted by Gasteiger charge is 2.52. The van der Waals surface area contributed by atoms with E-state index in [0.29, 0.717) is 5.82 Å². The molecule has 7 heteroatoms. The maximum absolute atomic E-state index is 11.6. The SMILES string of the molecule is CC1CN2C(=C([N+](=O)[O-])C3CCC2O3)N1c1cccnc1. The lowest BCUT2D eigenvalue weighted by Crippen LogP contribution is -2.41. The molecule has 2 fully saturated rings. The molecule has 0 N–H and O–H groups in total. The molecular formula is C14H16N4O3. The second kappa shape index (κ2) is 4.42. The number of fused-ring (bicyclic) bond motifs is 4. The summed E-state index contributed by atoms with van der Waals surface area (Å²) >= 11 is 0. The van der Waals surface area contributed by atoms with Crippen molar-refractivity contribution < 1.29 is 9.66 Å². The summed E-state index contributed by atoms with van der Waals surface area (Å²) in [4.78, 5) is 19.5. The molecule has 0 amide bonds. The fourth-order valence-corrected chi connectivity index (χ4v) is 3.59. The number of pyridine rings is 1. The Labute approximate surface area is 122 Å². The third-order valence-electron chi connectivity index (χ3n) is 4.40. The van der Waals surface area contributed by atoms with Gasteiger partial charge in [-0.25, -0.2) is 0 Å². The highest BCUT2D eigenvalue weighted by molar-refractivity contribution is 5.54.